The maximum absolute atomic E-state index is 11.9. The van der Waals surface area contributed by atoms with Crippen LogP contribution >= 0.6 is 24.8 Å². The fourth-order valence-corrected chi connectivity index (χ4v) is 2.73. The third-order valence-electron chi connectivity index (χ3n) is 4.07. The van der Waals surface area contributed by atoms with Crippen LogP contribution in [0.2, 0.25) is 0 Å². The van der Waals surface area contributed by atoms with Crippen molar-refractivity contribution in [3.05, 3.63) is 0 Å². The van der Waals surface area contributed by atoms with Crippen molar-refractivity contribution in [3.8, 4) is 0 Å². The molecule has 0 aromatic rings. The first-order valence-electron chi connectivity index (χ1n) is 6.92. The molecule has 4 nitrogen and oxygen atoms in total. The van der Waals surface area contributed by atoms with E-state index in [4.69, 9.17) is 0 Å². The molecule has 19 heavy (non-hydrogen) atoms. The number of carbonyl (C=O) groups excluding carboxylic acids is 1. The normalized spacial score (nSPS) is 25.0. The van der Waals surface area contributed by atoms with Gasteiger partial charge < -0.3 is 15.5 Å². The van der Waals surface area contributed by atoms with Gasteiger partial charge in [0.05, 0.1) is 5.92 Å². The van der Waals surface area contributed by atoms with Crippen molar-refractivity contribution in [2.75, 3.05) is 39.8 Å². The van der Waals surface area contributed by atoms with Crippen molar-refractivity contribution in [1.29, 1.82) is 0 Å². The van der Waals surface area contributed by atoms with Gasteiger partial charge in [-0.05, 0) is 58.3 Å². The summed E-state index contributed by atoms with van der Waals surface area (Å²) in [6, 6.07) is 0. The molecule has 1 atom stereocenters. The largest absolute Gasteiger partial charge is 0.356 e. The summed E-state index contributed by atoms with van der Waals surface area (Å²) in [5.41, 5.74) is 0. The van der Waals surface area contributed by atoms with Gasteiger partial charge in [-0.2, -0.15) is 0 Å². The van der Waals surface area contributed by atoms with E-state index in [9.17, 15) is 4.79 Å². The molecule has 2 saturated heterocycles. The average molecular weight is 312 g/mol. The second kappa shape index (κ2) is 9.81. The standard InChI is InChI=1S/C13H25N3O.2ClH/c1-16-7-4-11(5-8-16)9-15-13(17)12-3-2-6-14-10-12;;/h11-12,14H,2-10H2,1H3,(H,15,17);2*1H. The maximum Gasteiger partial charge on any atom is 0.224 e. The van der Waals surface area contributed by atoms with Crippen LogP contribution in [0.4, 0.5) is 0 Å². The third-order valence-corrected chi connectivity index (χ3v) is 4.07. The Balaban J connectivity index is 0.00000162. The second-order valence-electron chi connectivity index (χ2n) is 5.54. The van der Waals surface area contributed by atoms with Gasteiger partial charge in [-0.1, -0.05) is 0 Å². The molecule has 0 saturated carbocycles. The van der Waals surface area contributed by atoms with Crippen LogP contribution in [0.25, 0.3) is 0 Å². The van der Waals surface area contributed by atoms with Gasteiger partial charge in [0.15, 0.2) is 0 Å². The molecule has 1 unspecified atom stereocenters. The van der Waals surface area contributed by atoms with Crippen LogP contribution in [0.1, 0.15) is 25.7 Å². The Morgan fingerprint density at radius 1 is 1.26 bits per heavy atom. The molecule has 2 aliphatic rings. The zero-order valence-corrected chi connectivity index (χ0v) is 13.3. The number of nitrogens with one attached hydrogen (secondary N) is 2. The molecule has 2 rings (SSSR count). The van der Waals surface area contributed by atoms with Crippen molar-refractivity contribution in [2.45, 2.75) is 25.7 Å². The Labute approximate surface area is 128 Å². The molecular formula is C13H27Cl2N3O. The van der Waals surface area contributed by atoms with Crippen LogP contribution in [-0.4, -0.2) is 50.6 Å². The van der Waals surface area contributed by atoms with E-state index < -0.39 is 0 Å². The quantitative estimate of drug-likeness (QED) is 0.825. The molecule has 2 aliphatic heterocycles. The van der Waals surface area contributed by atoms with E-state index in [2.05, 4.69) is 22.6 Å². The third kappa shape index (κ3) is 6.30. The number of halogens is 2. The first kappa shape index (κ1) is 19.0. The Morgan fingerprint density at radius 2 is 1.95 bits per heavy atom. The van der Waals surface area contributed by atoms with Crippen LogP contribution in [0.5, 0.6) is 0 Å². The van der Waals surface area contributed by atoms with E-state index in [1.807, 2.05) is 0 Å². The summed E-state index contributed by atoms with van der Waals surface area (Å²) in [6.07, 6.45) is 4.62. The first-order valence-corrected chi connectivity index (χ1v) is 6.92. The minimum absolute atomic E-state index is 0. The summed E-state index contributed by atoms with van der Waals surface area (Å²) in [5, 5.41) is 6.43. The van der Waals surface area contributed by atoms with E-state index in [1.165, 1.54) is 25.9 Å². The molecule has 2 heterocycles. The molecule has 0 aliphatic carbocycles. The Morgan fingerprint density at radius 3 is 2.53 bits per heavy atom. The summed E-state index contributed by atoms with van der Waals surface area (Å²) >= 11 is 0. The summed E-state index contributed by atoms with van der Waals surface area (Å²) < 4.78 is 0. The van der Waals surface area contributed by atoms with Crippen LogP contribution in [0.3, 0.4) is 0 Å². The molecule has 6 heteroatoms. The van der Waals surface area contributed by atoms with Gasteiger partial charge in [0.2, 0.25) is 5.91 Å². The van der Waals surface area contributed by atoms with E-state index in [0.29, 0.717) is 5.92 Å². The van der Waals surface area contributed by atoms with E-state index >= 15 is 0 Å². The minimum Gasteiger partial charge on any atom is -0.356 e. The van der Waals surface area contributed by atoms with Crippen molar-refractivity contribution in [3.63, 3.8) is 0 Å². The fourth-order valence-electron chi connectivity index (χ4n) is 2.73. The number of hydrogen-bond acceptors (Lipinski definition) is 3. The molecule has 0 spiro atoms. The monoisotopic (exact) mass is 311 g/mol. The lowest BCUT2D eigenvalue weighted by Gasteiger charge is -2.29. The highest BCUT2D eigenvalue weighted by atomic mass is 35.5. The van der Waals surface area contributed by atoms with Gasteiger partial charge in [-0.15, -0.1) is 24.8 Å². The molecule has 0 radical (unpaired) electrons. The molecule has 2 fully saturated rings. The second-order valence-corrected chi connectivity index (χ2v) is 5.54. The fraction of sp³-hybridized carbons (Fsp3) is 0.923. The van der Waals surface area contributed by atoms with E-state index in [-0.39, 0.29) is 36.6 Å². The van der Waals surface area contributed by atoms with Crippen molar-refractivity contribution < 1.29 is 4.79 Å². The number of rotatable bonds is 3. The average Bonchev–Trinajstić information content (AvgIpc) is 2.39. The number of likely N-dealkylation sites (tertiary alicyclic amines) is 1. The lowest BCUT2D eigenvalue weighted by atomic mass is 9.95. The predicted octanol–water partition coefficient (Wildman–Crippen LogP) is 1.29. The summed E-state index contributed by atoms with van der Waals surface area (Å²) in [4.78, 5) is 14.3. The minimum atomic E-state index is 0. The van der Waals surface area contributed by atoms with Crippen molar-refractivity contribution >= 4 is 30.7 Å². The van der Waals surface area contributed by atoms with Crippen LogP contribution in [0.15, 0.2) is 0 Å². The molecule has 0 aromatic heterocycles. The number of hydrogen-bond donors (Lipinski definition) is 2. The smallest absolute Gasteiger partial charge is 0.224 e. The van der Waals surface area contributed by atoms with Gasteiger partial charge in [-0.3, -0.25) is 4.79 Å². The van der Waals surface area contributed by atoms with Gasteiger partial charge in [0.1, 0.15) is 0 Å². The van der Waals surface area contributed by atoms with Crippen molar-refractivity contribution in [1.82, 2.24) is 15.5 Å². The number of amides is 1. The van der Waals surface area contributed by atoms with Crippen molar-refractivity contribution in [2.24, 2.45) is 11.8 Å². The summed E-state index contributed by atoms with van der Waals surface area (Å²) in [6.45, 7) is 5.15. The molecule has 2 N–H and O–H groups in total. The SMILES string of the molecule is CN1CCC(CNC(=O)C2CCCNC2)CC1.Cl.Cl. The highest BCUT2D eigenvalue weighted by Crippen LogP contribution is 2.15. The van der Waals surface area contributed by atoms with E-state index in [0.717, 1.165) is 32.5 Å². The highest BCUT2D eigenvalue weighted by molar-refractivity contribution is 5.85. The van der Waals surface area contributed by atoms with Crippen LogP contribution < -0.4 is 10.6 Å². The zero-order chi connectivity index (χ0) is 12.1. The lowest BCUT2D eigenvalue weighted by Crippen LogP contribution is -2.43. The van der Waals surface area contributed by atoms with Gasteiger partial charge in [-0.25, -0.2) is 0 Å². The molecule has 0 bridgehead atoms. The van der Waals surface area contributed by atoms with Gasteiger partial charge in [0.25, 0.3) is 0 Å². The maximum atomic E-state index is 11.9. The topological polar surface area (TPSA) is 44.4 Å². The Hall–Kier alpha value is -0.0300. The van der Waals surface area contributed by atoms with Crippen LogP contribution in [-0.2, 0) is 4.79 Å². The molecular weight excluding hydrogens is 285 g/mol. The highest BCUT2D eigenvalue weighted by Gasteiger charge is 2.22. The molecule has 114 valence electrons. The van der Waals surface area contributed by atoms with Crippen LogP contribution in [0, 0.1) is 11.8 Å². The first-order chi connectivity index (χ1) is 8.25. The number of piperidine rings is 2. The number of carbonyl (C=O) groups is 1. The lowest BCUT2D eigenvalue weighted by molar-refractivity contribution is -0.125. The summed E-state index contributed by atoms with van der Waals surface area (Å²) in [7, 11) is 2.17. The predicted molar refractivity (Wildman–Crippen MR) is 83.3 cm³/mol. The summed E-state index contributed by atoms with van der Waals surface area (Å²) in [5.74, 6) is 1.15. The molecule has 1 amide bonds. The Bertz CT molecular complexity index is 252. The van der Waals surface area contributed by atoms with E-state index in [1.54, 1.807) is 0 Å². The molecule has 0 aromatic carbocycles. The zero-order valence-electron chi connectivity index (χ0n) is 11.7. The van der Waals surface area contributed by atoms with Gasteiger partial charge >= 0.3 is 0 Å². The van der Waals surface area contributed by atoms with Gasteiger partial charge in [0, 0.05) is 13.1 Å². The number of nitrogens with zero attached hydrogens (tertiary/aromatic N) is 1. The Kier molecular flexibility index (Phi) is 9.79.